The van der Waals surface area contributed by atoms with Gasteiger partial charge >= 0.3 is 0 Å². The van der Waals surface area contributed by atoms with E-state index in [0.717, 1.165) is 36.6 Å². The molecule has 5 heteroatoms. The van der Waals surface area contributed by atoms with Crippen LogP contribution in [0.3, 0.4) is 0 Å². The number of H-pyrrole nitrogens is 1. The number of nitrogens with one attached hydrogen (secondary N) is 2. The van der Waals surface area contributed by atoms with E-state index in [1.165, 1.54) is 11.6 Å². The van der Waals surface area contributed by atoms with Crippen LogP contribution in [0.1, 0.15) is 47.5 Å². The molecule has 2 amide bonds. The Hall–Kier alpha value is -2.56. The zero-order valence-electron chi connectivity index (χ0n) is 13.0. The summed E-state index contributed by atoms with van der Waals surface area (Å²) in [6.45, 7) is 3.50. The number of aromatic amines is 1. The summed E-state index contributed by atoms with van der Waals surface area (Å²) in [5, 5.41) is 4.04. The second-order valence-electron chi connectivity index (χ2n) is 6.11. The van der Waals surface area contributed by atoms with Gasteiger partial charge in [-0.05, 0) is 49.0 Å². The number of carbonyl (C=O) groups excluding carboxylic acids is 2. The first-order chi connectivity index (χ1) is 11.1. The Morgan fingerprint density at radius 3 is 2.87 bits per heavy atom. The lowest BCUT2D eigenvalue weighted by atomic mass is 9.80. The Morgan fingerprint density at radius 2 is 2.13 bits per heavy atom. The summed E-state index contributed by atoms with van der Waals surface area (Å²) >= 11 is 0. The highest BCUT2D eigenvalue weighted by Crippen LogP contribution is 2.37. The van der Waals surface area contributed by atoms with E-state index in [2.05, 4.69) is 16.9 Å². The van der Waals surface area contributed by atoms with Gasteiger partial charge in [-0.25, -0.2) is 0 Å². The molecule has 120 valence electrons. The molecule has 0 aliphatic heterocycles. The topological polar surface area (TPSA) is 88.0 Å². The highest BCUT2D eigenvalue weighted by Gasteiger charge is 2.26. The molecule has 1 aliphatic carbocycles. The number of nitrogens with two attached hydrogens (primary N) is 1. The summed E-state index contributed by atoms with van der Waals surface area (Å²) in [4.78, 5) is 26.2. The number of hydrogen-bond acceptors (Lipinski definition) is 2. The summed E-state index contributed by atoms with van der Waals surface area (Å²) in [6, 6.07) is 5.95. The Labute approximate surface area is 134 Å². The van der Waals surface area contributed by atoms with Gasteiger partial charge in [0.05, 0.1) is 11.1 Å². The highest BCUT2D eigenvalue weighted by molar-refractivity contribution is 6.05. The van der Waals surface area contributed by atoms with Crippen LogP contribution in [-0.2, 0) is 4.79 Å². The molecule has 3 rings (SSSR count). The Balaban J connectivity index is 1.89. The van der Waals surface area contributed by atoms with Gasteiger partial charge < -0.3 is 16.0 Å². The quantitative estimate of drug-likeness (QED) is 0.758. The molecular formula is C18H21N3O2. The molecule has 2 aromatic rings. The molecule has 5 nitrogen and oxygen atoms in total. The molecule has 1 heterocycles. The first-order valence-electron chi connectivity index (χ1n) is 7.93. The summed E-state index contributed by atoms with van der Waals surface area (Å²) in [7, 11) is 0. The Bertz CT molecular complexity index is 763. The van der Waals surface area contributed by atoms with E-state index in [-0.39, 0.29) is 11.9 Å². The molecule has 1 fully saturated rings. The van der Waals surface area contributed by atoms with Crippen LogP contribution < -0.4 is 11.1 Å². The average Bonchev–Trinajstić information content (AvgIpc) is 3.03. The summed E-state index contributed by atoms with van der Waals surface area (Å²) in [6.07, 6.45) is 7.18. The fraction of sp³-hybridized carbons (Fsp3) is 0.333. The van der Waals surface area contributed by atoms with Crippen molar-refractivity contribution in [2.75, 3.05) is 0 Å². The number of hydrogen-bond donors (Lipinski definition) is 3. The first-order valence-corrected chi connectivity index (χ1v) is 7.93. The van der Waals surface area contributed by atoms with Crippen molar-refractivity contribution < 1.29 is 9.59 Å². The zero-order valence-corrected chi connectivity index (χ0v) is 13.0. The van der Waals surface area contributed by atoms with Crippen molar-refractivity contribution in [2.45, 2.75) is 37.6 Å². The number of fused-ring (bicyclic) bond motifs is 1. The first kappa shape index (κ1) is 15.3. The van der Waals surface area contributed by atoms with Crippen molar-refractivity contribution in [3.8, 4) is 0 Å². The lowest BCUT2D eigenvalue weighted by molar-refractivity contribution is -0.117. The van der Waals surface area contributed by atoms with Crippen molar-refractivity contribution in [3.05, 3.63) is 48.2 Å². The number of aromatic nitrogens is 1. The maximum atomic E-state index is 11.6. The van der Waals surface area contributed by atoms with Crippen LogP contribution in [-0.4, -0.2) is 22.8 Å². The molecule has 1 aliphatic rings. The maximum Gasteiger partial charge on any atom is 0.250 e. The molecule has 23 heavy (non-hydrogen) atoms. The van der Waals surface area contributed by atoms with E-state index in [9.17, 15) is 9.59 Å². The molecule has 1 saturated carbocycles. The predicted octanol–water partition coefficient (Wildman–Crippen LogP) is 2.60. The van der Waals surface area contributed by atoms with Crippen LogP contribution in [0, 0.1) is 0 Å². The SMILES string of the molecule is C=CC(=O)N[C@@H]1CCC[C@H](c2ccc(C(N)=O)c3[nH]ccc23)C1. The average molecular weight is 311 g/mol. The number of amides is 2. The van der Waals surface area contributed by atoms with Crippen molar-refractivity contribution in [1.82, 2.24) is 10.3 Å². The summed E-state index contributed by atoms with van der Waals surface area (Å²) in [5.74, 6) is -0.186. The predicted molar refractivity (Wildman–Crippen MR) is 90.2 cm³/mol. The van der Waals surface area contributed by atoms with Gasteiger partial charge in [0.2, 0.25) is 5.91 Å². The Kier molecular flexibility index (Phi) is 4.19. The monoisotopic (exact) mass is 311 g/mol. The van der Waals surface area contributed by atoms with Gasteiger partial charge in [0.1, 0.15) is 0 Å². The molecule has 0 spiro atoms. The fourth-order valence-corrected chi connectivity index (χ4v) is 3.60. The smallest absolute Gasteiger partial charge is 0.250 e. The molecule has 1 aromatic carbocycles. The standard InChI is InChI=1S/C18H21N3O2/c1-2-16(22)21-12-5-3-4-11(10-12)13-6-7-15(18(19)23)17-14(13)8-9-20-17/h2,6-9,11-12,20H,1,3-5,10H2,(H2,19,23)(H,21,22)/t11-,12+/m0/s1. The molecular weight excluding hydrogens is 290 g/mol. The van der Waals surface area contributed by atoms with E-state index in [1.807, 2.05) is 18.3 Å². The largest absolute Gasteiger partial charge is 0.366 e. The van der Waals surface area contributed by atoms with E-state index < -0.39 is 5.91 Å². The van der Waals surface area contributed by atoms with Crippen molar-refractivity contribution in [2.24, 2.45) is 5.73 Å². The minimum Gasteiger partial charge on any atom is -0.366 e. The third-order valence-corrected chi connectivity index (χ3v) is 4.67. The van der Waals surface area contributed by atoms with Gasteiger partial charge in [0.25, 0.3) is 5.91 Å². The third kappa shape index (κ3) is 2.99. The lowest BCUT2D eigenvalue weighted by Crippen LogP contribution is -2.37. The van der Waals surface area contributed by atoms with Crippen molar-refractivity contribution >= 4 is 22.7 Å². The number of primary amides is 1. The van der Waals surface area contributed by atoms with E-state index in [1.54, 1.807) is 6.07 Å². The van der Waals surface area contributed by atoms with Crippen LogP contribution >= 0.6 is 0 Å². The maximum absolute atomic E-state index is 11.6. The molecule has 0 unspecified atom stereocenters. The number of carbonyl (C=O) groups is 2. The van der Waals surface area contributed by atoms with Crippen LogP contribution in [0.2, 0.25) is 0 Å². The van der Waals surface area contributed by atoms with E-state index in [4.69, 9.17) is 5.73 Å². The normalized spacial score (nSPS) is 21.0. The van der Waals surface area contributed by atoms with Gasteiger partial charge in [-0.3, -0.25) is 9.59 Å². The summed E-state index contributed by atoms with van der Waals surface area (Å²) in [5.41, 5.74) is 7.97. The van der Waals surface area contributed by atoms with Gasteiger partial charge in [-0.2, -0.15) is 0 Å². The van der Waals surface area contributed by atoms with Gasteiger partial charge in [-0.1, -0.05) is 19.1 Å². The molecule has 2 atom stereocenters. The van der Waals surface area contributed by atoms with Crippen molar-refractivity contribution in [1.29, 1.82) is 0 Å². The van der Waals surface area contributed by atoms with E-state index >= 15 is 0 Å². The molecule has 0 bridgehead atoms. The lowest BCUT2D eigenvalue weighted by Gasteiger charge is -2.30. The highest BCUT2D eigenvalue weighted by atomic mass is 16.1. The second-order valence-corrected chi connectivity index (χ2v) is 6.11. The fourth-order valence-electron chi connectivity index (χ4n) is 3.60. The molecule has 0 saturated heterocycles. The van der Waals surface area contributed by atoms with Gasteiger partial charge in [0.15, 0.2) is 0 Å². The van der Waals surface area contributed by atoms with Gasteiger partial charge in [-0.15, -0.1) is 0 Å². The summed E-state index contributed by atoms with van der Waals surface area (Å²) < 4.78 is 0. The molecule has 4 N–H and O–H groups in total. The van der Waals surface area contributed by atoms with Crippen LogP contribution in [0.5, 0.6) is 0 Å². The van der Waals surface area contributed by atoms with Crippen LogP contribution in [0.15, 0.2) is 37.1 Å². The van der Waals surface area contributed by atoms with E-state index in [0.29, 0.717) is 11.5 Å². The van der Waals surface area contributed by atoms with Gasteiger partial charge in [0, 0.05) is 17.6 Å². The third-order valence-electron chi connectivity index (χ3n) is 4.67. The Morgan fingerprint density at radius 1 is 1.30 bits per heavy atom. The van der Waals surface area contributed by atoms with Crippen LogP contribution in [0.25, 0.3) is 10.9 Å². The zero-order chi connectivity index (χ0) is 16.4. The van der Waals surface area contributed by atoms with Crippen LogP contribution in [0.4, 0.5) is 0 Å². The number of rotatable bonds is 4. The molecule has 0 radical (unpaired) electrons. The van der Waals surface area contributed by atoms with Crippen molar-refractivity contribution in [3.63, 3.8) is 0 Å². The minimum absolute atomic E-state index is 0.119. The number of benzene rings is 1. The molecule has 1 aromatic heterocycles. The minimum atomic E-state index is -0.427. The second kappa shape index (κ2) is 6.28.